The van der Waals surface area contributed by atoms with E-state index in [2.05, 4.69) is 15.3 Å². The molecule has 1 amide bonds. The number of hydrogen-bond donors (Lipinski definition) is 1. The fourth-order valence-electron chi connectivity index (χ4n) is 2.08. The van der Waals surface area contributed by atoms with Crippen molar-refractivity contribution in [2.45, 2.75) is 0 Å². The molecule has 2 aromatic heterocycles. The Balaban J connectivity index is 1.75. The van der Waals surface area contributed by atoms with Crippen LogP contribution in [0.1, 0.15) is 0 Å². The molecule has 0 radical (unpaired) electrons. The summed E-state index contributed by atoms with van der Waals surface area (Å²) >= 11 is 1.58. The second-order valence-electron chi connectivity index (χ2n) is 4.84. The number of carbonyl (C=O) groups is 1. The number of hydrogen-bond acceptors (Lipinski definition) is 5. The Hall–Kier alpha value is -2.57. The van der Waals surface area contributed by atoms with Crippen molar-refractivity contribution < 1.29 is 9.53 Å². The maximum Gasteiger partial charge on any atom is 0.250 e. The van der Waals surface area contributed by atoms with Gasteiger partial charge >= 0.3 is 0 Å². The number of benzene rings is 1. The first-order chi connectivity index (χ1) is 11.3. The monoisotopic (exact) mass is 325 g/mol. The minimum atomic E-state index is -0.173. The topological polar surface area (TPSA) is 64.1 Å². The minimum Gasteiger partial charge on any atom is -0.375 e. The van der Waals surface area contributed by atoms with Crippen molar-refractivity contribution in [3.8, 4) is 21.8 Å². The van der Waals surface area contributed by atoms with E-state index in [4.69, 9.17) is 4.74 Å². The van der Waals surface area contributed by atoms with Crippen LogP contribution >= 0.6 is 11.3 Å². The molecule has 0 aliphatic rings. The first kappa shape index (κ1) is 15.3. The highest BCUT2D eigenvalue weighted by Crippen LogP contribution is 2.28. The molecule has 0 unspecified atom stereocenters. The van der Waals surface area contributed by atoms with Crippen LogP contribution < -0.4 is 5.32 Å². The van der Waals surface area contributed by atoms with E-state index in [0.717, 1.165) is 27.5 Å². The zero-order valence-electron chi connectivity index (χ0n) is 12.5. The number of carbonyl (C=O) groups excluding carboxylic acids is 1. The van der Waals surface area contributed by atoms with Crippen LogP contribution in [0.5, 0.6) is 0 Å². The largest absolute Gasteiger partial charge is 0.375 e. The van der Waals surface area contributed by atoms with Crippen molar-refractivity contribution in [3.05, 3.63) is 54.2 Å². The third kappa shape index (κ3) is 3.80. The van der Waals surface area contributed by atoms with Gasteiger partial charge in [0.15, 0.2) is 0 Å². The first-order valence-corrected chi connectivity index (χ1v) is 7.89. The van der Waals surface area contributed by atoms with Gasteiger partial charge in [0.25, 0.3) is 0 Å². The van der Waals surface area contributed by atoms with E-state index in [-0.39, 0.29) is 12.5 Å². The van der Waals surface area contributed by atoms with Crippen LogP contribution in [0.3, 0.4) is 0 Å². The van der Waals surface area contributed by atoms with E-state index in [0.29, 0.717) is 0 Å². The molecule has 6 heteroatoms. The van der Waals surface area contributed by atoms with Gasteiger partial charge in [-0.1, -0.05) is 12.1 Å². The molecule has 0 saturated heterocycles. The molecule has 23 heavy (non-hydrogen) atoms. The zero-order chi connectivity index (χ0) is 16.1. The summed E-state index contributed by atoms with van der Waals surface area (Å²) in [7, 11) is 1.49. The molecule has 0 bridgehead atoms. The standard InChI is InChI=1S/C17H15N3O2S/c1-22-10-16(21)19-14-6-4-12(5-7-14)15-11-23-17(20-15)13-3-2-8-18-9-13/h2-9,11H,10H2,1H3,(H,19,21). The number of ether oxygens (including phenoxy) is 1. The molecular formula is C17H15N3O2S. The van der Waals surface area contributed by atoms with Gasteiger partial charge in [0.1, 0.15) is 11.6 Å². The Morgan fingerprint density at radius 2 is 2.04 bits per heavy atom. The van der Waals surface area contributed by atoms with Crippen molar-refractivity contribution in [1.29, 1.82) is 0 Å². The lowest BCUT2D eigenvalue weighted by atomic mass is 10.1. The Labute approximate surface area is 138 Å². The minimum absolute atomic E-state index is 0.0440. The van der Waals surface area contributed by atoms with E-state index in [1.165, 1.54) is 7.11 Å². The van der Waals surface area contributed by atoms with E-state index in [9.17, 15) is 4.79 Å². The Morgan fingerprint density at radius 1 is 1.22 bits per heavy atom. The summed E-state index contributed by atoms with van der Waals surface area (Å²) in [6, 6.07) is 11.5. The predicted molar refractivity (Wildman–Crippen MR) is 91.3 cm³/mol. The summed E-state index contributed by atoms with van der Waals surface area (Å²) in [6.07, 6.45) is 3.55. The molecule has 0 aliphatic heterocycles. The highest BCUT2D eigenvalue weighted by Gasteiger charge is 2.07. The lowest BCUT2D eigenvalue weighted by Gasteiger charge is -2.05. The highest BCUT2D eigenvalue weighted by molar-refractivity contribution is 7.13. The van der Waals surface area contributed by atoms with Crippen LogP contribution in [0.25, 0.3) is 21.8 Å². The van der Waals surface area contributed by atoms with Crippen LogP contribution in [0.2, 0.25) is 0 Å². The van der Waals surface area contributed by atoms with Crippen molar-refractivity contribution in [2.75, 3.05) is 19.0 Å². The van der Waals surface area contributed by atoms with Crippen LogP contribution in [0, 0.1) is 0 Å². The molecule has 3 aromatic rings. The van der Waals surface area contributed by atoms with Gasteiger partial charge in [-0.15, -0.1) is 11.3 Å². The van der Waals surface area contributed by atoms with Gasteiger partial charge in [-0.25, -0.2) is 4.98 Å². The van der Waals surface area contributed by atoms with Crippen molar-refractivity contribution >= 4 is 22.9 Å². The lowest BCUT2D eigenvalue weighted by molar-refractivity contribution is -0.119. The summed E-state index contributed by atoms with van der Waals surface area (Å²) in [5, 5.41) is 5.71. The lowest BCUT2D eigenvalue weighted by Crippen LogP contribution is -2.16. The van der Waals surface area contributed by atoms with Crippen LogP contribution in [-0.2, 0) is 9.53 Å². The van der Waals surface area contributed by atoms with E-state index >= 15 is 0 Å². The van der Waals surface area contributed by atoms with Crippen LogP contribution in [0.4, 0.5) is 5.69 Å². The van der Waals surface area contributed by atoms with Gasteiger partial charge in [-0.05, 0) is 24.3 Å². The Bertz CT molecular complexity index is 785. The number of thiazole rings is 1. The molecule has 0 aliphatic carbocycles. The quantitative estimate of drug-likeness (QED) is 0.780. The number of anilines is 1. The SMILES string of the molecule is COCC(=O)Nc1ccc(-c2csc(-c3cccnc3)n2)cc1. The molecule has 0 saturated carbocycles. The third-order valence-electron chi connectivity index (χ3n) is 3.15. The molecule has 2 heterocycles. The number of aromatic nitrogens is 2. The molecule has 0 fully saturated rings. The molecule has 1 aromatic carbocycles. The maximum absolute atomic E-state index is 11.5. The summed E-state index contributed by atoms with van der Waals surface area (Å²) < 4.78 is 4.79. The summed E-state index contributed by atoms with van der Waals surface area (Å²) in [6.45, 7) is 0.0440. The number of amides is 1. The third-order valence-corrected chi connectivity index (χ3v) is 4.04. The normalized spacial score (nSPS) is 10.5. The highest BCUT2D eigenvalue weighted by atomic mass is 32.1. The van der Waals surface area contributed by atoms with Crippen molar-refractivity contribution in [1.82, 2.24) is 9.97 Å². The first-order valence-electron chi connectivity index (χ1n) is 7.01. The van der Waals surface area contributed by atoms with Gasteiger partial charge in [-0.2, -0.15) is 0 Å². The van der Waals surface area contributed by atoms with Crippen LogP contribution in [0.15, 0.2) is 54.2 Å². The molecular weight excluding hydrogens is 310 g/mol. The smallest absolute Gasteiger partial charge is 0.250 e. The Morgan fingerprint density at radius 3 is 2.74 bits per heavy atom. The van der Waals surface area contributed by atoms with Gasteiger partial charge in [0.05, 0.1) is 5.69 Å². The van der Waals surface area contributed by atoms with Gasteiger partial charge in [-0.3, -0.25) is 9.78 Å². The van der Waals surface area contributed by atoms with E-state index < -0.39 is 0 Å². The average molecular weight is 325 g/mol. The number of pyridine rings is 1. The summed E-state index contributed by atoms with van der Waals surface area (Å²) in [5.74, 6) is -0.173. The van der Waals surface area contributed by atoms with E-state index in [1.807, 2.05) is 41.8 Å². The second-order valence-corrected chi connectivity index (χ2v) is 5.70. The fraction of sp³-hybridized carbons (Fsp3) is 0.118. The average Bonchev–Trinajstić information content (AvgIpc) is 3.07. The zero-order valence-corrected chi connectivity index (χ0v) is 13.3. The van der Waals surface area contributed by atoms with Crippen molar-refractivity contribution in [3.63, 3.8) is 0 Å². The molecule has 1 N–H and O–H groups in total. The fourth-order valence-corrected chi connectivity index (χ4v) is 2.90. The number of methoxy groups -OCH3 is 1. The van der Waals surface area contributed by atoms with Crippen molar-refractivity contribution in [2.24, 2.45) is 0 Å². The summed E-state index contributed by atoms with van der Waals surface area (Å²) in [5.41, 5.74) is 3.65. The van der Waals surface area contributed by atoms with Gasteiger partial charge in [0, 0.05) is 41.7 Å². The van der Waals surface area contributed by atoms with Gasteiger partial charge in [0.2, 0.25) is 5.91 Å². The maximum atomic E-state index is 11.5. The Kier molecular flexibility index (Phi) is 4.75. The second kappa shape index (κ2) is 7.13. The molecule has 0 atom stereocenters. The molecule has 0 spiro atoms. The molecule has 3 rings (SSSR count). The van der Waals surface area contributed by atoms with E-state index in [1.54, 1.807) is 23.7 Å². The number of nitrogens with zero attached hydrogens (tertiary/aromatic N) is 2. The predicted octanol–water partition coefficient (Wildman–Crippen LogP) is 3.46. The molecule has 116 valence electrons. The van der Waals surface area contributed by atoms with Crippen LogP contribution in [-0.4, -0.2) is 29.6 Å². The number of rotatable bonds is 5. The molecule has 5 nitrogen and oxygen atoms in total. The van der Waals surface area contributed by atoms with Gasteiger partial charge < -0.3 is 10.1 Å². The summed E-state index contributed by atoms with van der Waals surface area (Å²) in [4.78, 5) is 20.2. The number of nitrogens with one attached hydrogen (secondary N) is 1.